The minimum Gasteiger partial charge on any atom is -0.218 e. The molecule has 0 fully saturated rings. The molecule has 0 saturated carbocycles. The molecule has 0 rings (SSSR count). The molecule has 3 nitrogen and oxygen atoms in total. The molecule has 1 unspecified atom stereocenters. The Morgan fingerprint density at radius 2 is 1.64 bits per heavy atom. The van der Waals surface area contributed by atoms with Gasteiger partial charge in [0.1, 0.15) is 0 Å². The molecule has 68 valence electrons. The summed E-state index contributed by atoms with van der Waals surface area (Å²) in [5, 5.41) is -0.361. The molecule has 0 aliphatic rings. The van der Waals surface area contributed by atoms with Gasteiger partial charge in [-0.2, -0.15) is 0 Å². The molecule has 0 aliphatic carbocycles. The Balaban J connectivity index is 4.64. The smallest absolute Gasteiger partial charge is 0.214 e. The Hall–Kier alpha value is -0.0900. The van der Waals surface area contributed by atoms with Gasteiger partial charge in [-0.05, 0) is 19.4 Å². The first-order chi connectivity index (χ1) is 4.72. The van der Waals surface area contributed by atoms with Crippen LogP contribution in [0.5, 0.6) is 0 Å². The average Bonchev–Trinajstić information content (AvgIpc) is 1.84. The molecule has 0 bridgehead atoms. The summed E-state index contributed by atoms with van der Waals surface area (Å²) in [5.41, 5.74) is -0.207. The lowest BCUT2D eigenvalue weighted by molar-refractivity contribution is 0.390. The van der Waals surface area contributed by atoms with E-state index in [1.165, 1.54) is 7.05 Å². The summed E-state index contributed by atoms with van der Waals surface area (Å²) < 4.78 is 24.8. The van der Waals surface area contributed by atoms with Crippen molar-refractivity contribution >= 4 is 10.0 Å². The quantitative estimate of drug-likeness (QED) is 0.686. The van der Waals surface area contributed by atoms with Gasteiger partial charge in [0, 0.05) is 0 Å². The normalized spacial score (nSPS) is 16.5. The molecule has 0 aliphatic heterocycles. The zero-order valence-corrected chi connectivity index (χ0v) is 8.62. The summed E-state index contributed by atoms with van der Waals surface area (Å²) in [6.07, 6.45) is 0. The standard InChI is InChI=1S/C7H17NO2S/c1-6(7(2,3)4)11(9,10)8-5/h6,8H,1-5H3. The predicted molar refractivity (Wildman–Crippen MR) is 46.9 cm³/mol. The third-order valence-corrected chi connectivity index (χ3v) is 4.18. The Kier molecular flexibility index (Phi) is 3.08. The fourth-order valence-electron chi connectivity index (χ4n) is 0.642. The molecular weight excluding hydrogens is 162 g/mol. The average molecular weight is 179 g/mol. The van der Waals surface area contributed by atoms with Crippen LogP contribution < -0.4 is 4.72 Å². The fourth-order valence-corrected chi connectivity index (χ4v) is 1.93. The van der Waals surface area contributed by atoms with Gasteiger partial charge in [-0.25, -0.2) is 13.1 Å². The van der Waals surface area contributed by atoms with Gasteiger partial charge in [0.05, 0.1) is 5.25 Å². The third kappa shape index (κ3) is 2.79. The van der Waals surface area contributed by atoms with Crippen LogP contribution >= 0.6 is 0 Å². The molecule has 0 aromatic rings. The molecule has 11 heavy (non-hydrogen) atoms. The second-order valence-electron chi connectivity index (χ2n) is 3.76. The van der Waals surface area contributed by atoms with Gasteiger partial charge in [0.25, 0.3) is 0 Å². The highest BCUT2D eigenvalue weighted by atomic mass is 32.2. The van der Waals surface area contributed by atoms with Crippen molar-refractivity contribution in [3.05, 3.63) is 0 Å². The molecule has 1 N–H and O–H groups in total. The van der Waals surface area contributed by atoms with Crippen LogP contribution in [0.1, 0.15) is 27.7 Å². The second-order valence-corrected chi connectivity index (χ2v) is 5.96. The number of rotatable bonds is 2. The fraction of sp³-hybridized carbons (Fsp3) is 1.00. The molecule has 0 radical (unpaired) electrons. The van der Waals surface area contributed by atoms with E-state index in [4.69, 9.17) is 0 Å². The van der Waals surface area contributed by atoms with Gasteiger partial charge in [0.15, 0.2) is 0 Å². The third-order valence-electron chi connectivity index (χ3n) is 1.97. The lowest BCUT2D eigenvalue weighted by Crippen LogP contribution is -2.38. The van der Waals surface area contributed by atoms with Crippen molar-refractivity contribution in [3.63, 3.8) is 0 Å². The van der Waals surface area contributed by atoms with E-state index < -0.39 is 10.0 Å². The largest absolute Gasteiger partial charge is 0.218 e. The highest BCUT2D eigenvalue weighted by Crippen LogP contribution is 2.23. The van der Waals surface area contributed by atoms with Crippen molar-refractivity contribution in [2.45, 2.75) is 32.9 Å². The minimum absolute atomic E-state index is 0.207. The zero-order chi connectivity index (χ0) is 9.28. The highest BCUT2D eigenvalue weighted by molar-refractivity contribution is 7.90. The summed E-state index contributed by atoms with van der Waals surface area (Å²) in [6.45, 7) is 7.44. The van der Waals surface area contributed by atoms with Gasteiger partial charge in [0.2, 0.25) is 10.0 Å². The van der Waals surface area contributed by atoms with Gasteiger partial charge in [-0.1, -0.05) is 20.8 Å². The summed E-state index contributed by atoms with van der Waals surface area (Å²) in [4.78, 5) is 0. The predicted octanol–water partition coefficient (Wildman–Crippen LogP) is 0.970. The van der Waals surface area contributed by atoms with Gasteiger partial charge in [-0.15, -0.1) is 0 Å². The summed E-state index contributed by atoms with van der Waals surface area (Å²) in [6, 6.07) is 0. The molecule has 0 spiro atoms. The van der Waals surface area contributed by atoms with Crippen LogP contribution in [0, 0.1) is 5.41 Å². The van der Waals surface area contributed by atoms with Crippen molar-refractivity contribution < 1.29 is 8.42 Å². The number of nitrogens with one attached hydrogen (secondary N) is 1. The van der Waals surface area contributed by atoms with Crippen LogP contribution in [0.25, 0.3) is 0 Å². The molecule has 0 saturated heterocycles. The molecular formula is C7H17NO2S. The van der Waals surface area contributed by atoms with E-state index in [-0.39, 0.29) is 10.7 Å². The van der Waals surface area contributed by atoms with E-state index in [9.17, 15) is 8.42 Å². The molecule has 1 atom stereocenters. The monoisotopic (exact) mass is 179 g/mol. The van der Waals surface area contributed by atoms with E-state index in [0.717, 1.165) is 0 Å². The SMILES string of the molecule is CNS(=O)(=O)C(C)C(C)(C)C. The molecule has 0 aromatic carbocycles. The van der Waals surface area contributed by atoms with E-state index in [1.54, 1.807) is 6.92 Å². The van der Waals surface area contributed by atoms with Crippen molar-refractivity contribution in [1.82, 2.24) is 4.72 Å². The minimum atomic E-state index is -3.11. The first-order valence-electron chi connectivity index (χ1n) is 3.64. The summed E-state index contributed by atoms with van der Waals surface area (Å²) in [5.74, 6) is 0. The van der Waals surface area contributed by atoms with Crippen LogP contribution in [0.4, 0.5) is 0 Å². The Labute approximate surface area is 69.2 Å². The summed E-state index contributed by atoms with van der Waals surface area (Å²) in [7, 11) is -1.66. The Morgan fingerprint density at radius 3 is 1.73 bits per heavy atom. The van der Waals surface area contributed by atoms with Crippen LogP contribution in [0.15, 0.2) is 0 Å². The maximum atomic E-state index is 11.2. The van der Waals surface area contributed by atoms with Gasteiger partial charge < -0.3 is 0 Å². The van der Waals surface area contributed by atoms with E-state index in [1.807, 2.05) is 20.8 Å². The van der Waals surface area contributed by atoms with Crippen LogP contribution in [-0.2, 0) is 10.0 Å². The molecule has 0 heterocycles. The first-order valence-corrected chi connectivity index (χ1v) is 5.19. The first kappa shape index (κ1) is 10.9. The van der Waals surface area contributed by atoms with Crippen LogP contribution in [-0.4, -0.2) is 20.7 Å². The molecule has 0 aromatic heterocycles. The maximum absolute atomic E-state index is 11.2. The second kappa shape index (κ2) is 3.11. The number of hydrogen-bond donors (Lipinski definition) is 1. The Bertz CT molecular complexity index is 213. The highest BCUT2D eigenvalue weighted by Gasteiger charge is 2.30. The van der Waals surface area contributed by atoms with E-state index in [2.05, 4.69) is 4.72 Å². The number of hydrogen-bond acceptors (Lipinski definition) is 2. The lowest BCUT2D eigenvalue weighted by Gasteiger charge is -2.26. The zero-order valence-electron chi connectivity index (χ0n) is 7.80. The van der Waals surface area contributed by atoms with Crippen molar-refractivity contribution in [1.29, 1.82) is 0 Å². The van der Waals surface area contributed by atoms with Gasteiger partial charge >= 0.3 is 0 Å². The molecule has 4 heteroatoms. The van der Waals surface area contributed by atoms with Gasteiger partial charge in [-0.3, -0.25) is 0 Å². The topological polar surface area (TPSA) is 46.2 Å². The Morgan fingerprint density at radius 1 is 1.27 bits per heavy atom. The van der Waals surface area contributed by atoms with Crippen molar-refractivity contribution in [2.75, 3.05) is 7.05 Å². The van der Waals surface area contributed by atoms with Crippen molar-refractivity contribution in [2.24, 2.45) is 5.41 Å². The number of sulfonamides is 1. The molecule has 0 amide bonds. The van der Waals surface area contributed by atoms with E-state index >= 15 is 0 Å². The van der Waals surface area contributed by atoms with Crippen LogP contribution in [0.3, 0.4) is 0 Å². The van der Waals surface area contributed by atoms with Crippen molar-refractivity contribution in [3.8, 4) is 0 Å². The van der Waals surface area contributed by atoms with E-state index in [0.29, 0.717) is 0 Å². The lowest BCUT2D eigenvalue weighted by atomic mass is 9.93. The summed E-state index contributed by atoms with van der Waals surface area (Å²) >= 11 is 0. The van der Waals surface area contributed by atoms with Crippen LogP contribution in [0.2, 0.25) is 0 Å². The maximum Gasteiger partial charge on any atom is 0.214 e.